The van der Waals surface area contributed by atoms with Gasteiger partial charge in [-0.25, -0.2) is 4.68 Å². The molecule has 0 N–H and O–H groups in total. The van der Waals surface area contributed by atoms with Crippen molar-refractivity contribution in [3.05, 3.63) is 53.3 Å². The van der Waals surface area contributed by atoms with Crippen LogP contribution in [0.3, 0.4) is 0 Å². The molecule has 5 heteroatoms. The molecule has 17 heavy (non-hydrogen) atoms. The molecule has 1 heterocycles. The molecule has 0 aliphatic heterocycles. The molecule has 2 aromatic rings. The van der Waals surface area contributed by atoms with Crippen molar-refractivity contribution in [1.82, 2.24) is 9.78 Å². The molecule has 0 amide bonds. The Kier molecular flexibility index (Phi) is 2.94. The molecule has 0 unspecified atom stereocenters. The Hall–Kier alpha value is -2.52. The number of aromatic nitrogens is 2. The predicted molar refractivity (Wildman–Crippen MR) is 62.3 cm³/mol. The third kappa shape index (κ3) is 2.04. The van der Waals surface area contributed by atoms with E-state index in [1.807, 2.05) is 30.3 Å². The summed E-state index contributed by atoms with van der Waals surface area (Å²) < 4.78 is 1.67. The molecule has 5 nitrogen and oxygen atoms in total. The summed E-state index contributed by atoms with van der Waals surface area (Å²) in [7, 11) is 0. The monoisotopic (exact) mass is 226 g/mol. The Labute approximate surface area is 97.9 Å². The Morgan fingerprint density at radius 1 is 1.41 bits per heavy atom. The van der Waals surface area contributed by atoms with E-state index in [4.69, 9.17) is 5.53 Å². The van der Waals surface area contributed by atoms with Crippen LogP contribution >= 0.6 is 0 Å². The van der Waals surface area contributed by atoms with Crippen molar-refractivity contribution in [2.75, 3.05) is 0 Å². The zero-order valence-corrected chi connectivity index (χ0v) is 9.24. The smallest absolute Gasteiger partial charge is 0.328 e. The number of para-hydroxylation sites is 1. The van der Waals surface area contributed by atoms with Crippen molar-refractivity contribution in [2.24, 2.45) is 0 Å². The van der Waals surface area contributed by atoms with E-state index < -0.39 is 0 Å². The van der Waals surface area contributed by atoms with Crippen LogP contribution in [0.25, 0.3) is 11.2 Å². The lowest BCUT2D eigenvalue weighted by Gasteiger charge is -2.03. The normalized spacial score (nSPS) is 9.71. The second-order valence-corrected chi connectivity index (χ2v) is 3.50. The first-order valence-electron chi connectivity index (χ1n) is 5.06. The third-order valence-corrected chi connectivity index (χ3v) is 2.45. The largest absolute Gasteiger partial charge is 0.361 e. The minimum absolute atomic E-state index is 0.368. The molecule has 1 aromatic carbocycles. The summed E-state index contributed by atoms with van der Waals surface area (Å²) in [5, 5.41) is 4.14. The van der Waals surface area contributed by atoms with Gasteiger partial charge in [0.15, 0.2) is 0 Å². The topological polar surface area (TPSA) is 71.3 Å². The minimum atomic E-state index is -0.368. The Balaban J connectivity index is 2.47. The molecule has 2 rings (SSSR count). The molecular weight excluding hydrogens is 216 g/mol. The van der Waals surface area contributed by atoms with Crippen LogP contribution in [-0.4, -0.2) is 26.6 Å². The first kappa shape index (κ1) is 11.0. The molecule has 0 saturated heterocycles. The summed E-state index contributed by atoms with van der Waals surface area (Å²) in [4.78, 5) is 14.3. The van der Waals surface area contributed by atoms with E-state index in [0.29, 0.717) is 11.3 Å². The minimum Gasteiger partial charge on any atom is -0.361 e. The molecule has 0 bridgehead atoms. The molecule has 84 valence electrons. The van der Waals surface area contributed by atoms with Crippen LogP contribution in [0, 0.1) is 6.92 Å². The van der Waals surface area contributed by atoms with Gasteiger partial charge in [0.25, 0.3) is 5.78 Å². The lowest BCUT2D eigenvalue weighted by molar-refractivity contribution is 0.00234. The average Bonchev–Trinajstić information content (AvgIpc) is 2.72. The maximum atomic E-state index is 11.5. The highest BCUT2D eigenvalue weighted by Crippen LogP contribution is 2.13. The fraction of sp³-hybridized carbons (Fsp3) is 0.0833. The van der Waals surface area contributed by atoms with E-state index in [-0.39, 0.29) is 5.78 Å². The Morgan fingerprint density at radius 2 is 2.12 bits per heavy atom. The van der Waals surface area contributed by atoms with Crippen LogP contribution in [0.1, 0.15) is 16.1 Å². The lowest BCUT2D eigenvalue weighted by atomic mass is 10.2. The Bertz CT molecular complexity index is 594. The number of Topliss-reactive ketones (excluding diaryl/α,β-unsaturated/α-hetero) is 1. The van der Waals surface area contributed by atoms with Crippen molar-refractivity contribution in [3.63, 3.8) is 0 Å². The van der Waals surface area contributed by atoms with Crippen molar-refractivity contribution in [1.29, 1.82) is 0 Å². The quantitative estimate of drug-likeness (QED) is 0.345. The number of hydrogen-bond acceptors (Lipinski definition) is 2. The van der Waals surface area contributed by atoms with Gasteiger partial charge in [0, 0.05) is 0 Å². The van der Waals surface area contributed by atoms with Crippen LogP contribution in [0.5, 0.6) is 0 Å². The van der Waals surface area contributed by atoms with Gasteiger partial charge < -0.3 is 5.53 Å². The van der Waals surface area contributed by atoms with Crippen molar-refractivity contribution in [2.45, 2.75) is 6.92 Å². The highest BCUT2D eigenvalue weighted by molar-refractivity contribution is 6.33. The van der Waals surface area contributed by atoms with Crippen LogP contribution in [-0.2, 0) is 0 Å². The number of carbonyl (C=O) groups is 1. The van der Waals surface area contributed by atoms with E-state index >= 15 is 0 Å². The summed E-state index contributed by atoms with van der Waals surface area (Å²) in [5.41, 5.74) is 10.3. The second-order valence-electron chi connectivity index (χ2n) is 3.50. The first-order valence-corrected chi connectivity index (χ1v) is 5.06. The molecule has 0 saturated carbocycles. The molecule has 0 aliphatic rings. The number of rotatable bonds is 3. The van der Waals surface area contributed by atoms with E-state index in [0.717, 1.165) is 11.9 Å². The van der Waals surface area contributed by atoms with Gasteiger partial charge in [-0.2, -0.15) is 9.89 Å². The highest BCUT2D eigenvalue weighted by Gasteiger charge is 2.15. The van der Waals surface area contributed by atoms with Gasteiger partial charge in [0.2, 0.25) is 0 Å². The van der Waals surface area contributed by atoms with E-state index in [9.17, 15) is 4.79 Å². The summed E-state index contributed by atoms with van der Waals surface area (Å²) in [5.74, 6) is -0.368. The molecule has 1 aromatic heterocycles. The predicted octanol–water partition coefficient (Wildman–Crippen LogP) is 1.66. The fourth-order valence-electron chi connectivity index (χ4n) is 1.60. The maximum absolute atomic E-state index is 11.5. The van der Waals surface area contributed by atoms with Crippen LogP contribution < -0.4 is 0 Å². The molecule has 0 radical (unpaired) electrons. The zero-order valence-electron chi connectivity index (χ0n) is 9.24. The van der Waals surface area contributed by atoms with Crippen molar-refractivity contribution >= 4 is 12.0 Å². The van der Waals surface area contributed by atoms with E-state index in [1.54, 1.807) is 11.6 Å². The van der Waals surface area contributed by atoms with Crippen molar-refractivity contribution < 1.29 is 9.58 Å². The standard InChI is InChI=1S/C12H10N4O/c1-9-11(12(17)8-14-13)7-15-16(9)10-5-3-2-4-6-10/h2-8H,1H3. The molecular formula is C12H10N4O. The van der Waals surface area contributed by atoms with E-state index in [2.05, 4.69) is 9.89 Å². The van der Waals surface area contributed by atoms with Gasteiger partial charge >= 0.3 is 6.21 Å². The maximum Gasteiger partial charge on any atom is 0.328 e. The van der Waals surface area contributed by atoms with Gasteiger partial charge in [-0.3, -0.25) is 4.79 Å². The van der Waals surface area contributed by atoms with Crippen LogP contribution in [0.4, 0.5) is 0 Å². The summed E-state index contributed by atoms with van der Waals surface area (Å²) >= 11 is 0. The van der Waals surface area contributed by atoms with Gasteiger partial charge in [-0.15, -0.1) is 0 Å². The molecule has 0 aliphatic carbocycles. The number of carbonyl (C=O) groups excluding carboxylic acids is 1. The SMILES string of the molecule is Cc1c(C(=O)C=[N+]=[N-])cnn1-c1ccccc1. The first-order chi connectivity index (χ1) is 8.24. The van der Waals surface area contributed by atoms with Crippen LogP contribution in [0.2, 0.25) is 0 Å². The third-order valence-electron chi connectivity index (χ3n) is 2.45. The van der Waals surface area contributed by atoms with Gasteiger partial charge in [-0.05, 0) is 19.1 Å². The number of ketones is 1. The highest BCUT2D eigenvalue weighted by atomic mass is 16.1. The number of benzene rings is 1. The summed E-state index contributed by atoms with van der Waals surface area (Å²) in [6, 6.07) is 9.50. The molecule has 0 atom stereocenters. The fourth-order valence-corrected chi connectivity index (χ4v) is 1.60. The summed E-state index contributed by atoms with van der Waals surface area (Å²) in [6.45, 7) is 1.79. The molecule has 0 spiro atoms. The lowest BCUT2D eigenvalue weighted by Crippen LogP contribution is -2.04. The van der Waals surface area contributed by atoms with Crippen molar-refractivity contribution in [3.8, 4) is 5.69 Å². The van der Waals surface area contributed by atoms with Gasteiger partial charge in [0.1, 0.15) is 0 Å². The van der Waals surface area contributed by atoms with Gasteiger partial charge in [0.05, 0.1) is 23.1 Å². The van der Waals surface area contributed by atoms with Crippen LogP contribution in [0.15, 0.2) is 36.5 Å². The summed E-state index contributed by atoms with van der Waals surface area (Å²) in [6.07, 6.45) is 2.33. The number of nitrogens with zero attached hydrogens (tertiary/aromatic N) is 4. The number of hydrogen-bond donors (Lipinski definition) is 0. The molecule has 0 fully saturated rings. The van der Waals surface area contributed by atoms with E-state index in [1.165, 1.54) is 6.20 Å². The zero-order chi connectivity index (χ0) is 12.3. The average molecular weight is 226 g/mol. The second kappa shape index (κ2) is 4.55. The Morgan fingerprint density at radius 3 is 2.76 bits per heavy atom. The van der Waals surface area contributed by atoms with Gasteiger partial charge in [-0.1, -0.05) is 18.2 Å².